The van der Waals surface area contributed by atoms with E-state index in [2.05, 4.69) is 36.1 Å². The van der Waals surface area contributed by atoms with Gasteiger partial charge in [0.2, 0.25) is 0 Å². The highest BCUT2D eigenvalue weighted by Crippen LogP contribution is 2.15. The standard InChI is InChI=1S/C13H22N2O/c1-11-4-6-13(7-5-11)15(9-3-8-14)10-12(2)16/h4-7,12,16H,3,8-10,14H2,1-2H3. The van der Waals surface area contributed by atoms with Gasteiger partial charge in [0.25, 0.3) is 0 Å². The summed E-state index contributed by atoms with van der Waals surface area (Å²) in [5, 5.41) is 9.47. The first-order chi connectivity index (χ1) is 7.63. The molecule has 16 heavy (non-hydrogen) atoms. The van der Waals surface area contributed by atoms with Gasteiger partial charge in [0.1, 0.15) is 0 Å². The lowest BCUT2D eigenvalue weighted by molar-refractivity contribution is 0.200. The van der Waals surface area contributed by atoms with Crippen molar-refractivity contribution in [1.29, 1.82) is 0 Å². The lowest BCUT2D eigenvalue weighted by Crippen LogP contribution is -2.32. The molecular formula is C13H22N2O. The summed E-state index contributed by atoms with van der Waals surface area (Å²) in [6.07, 6.45) is 0.625. The minimum absolute atomic E-state index is 0.320. The van der Waals surface area contributed by atoms with Gasteiger partial charge >= 0.3 is 0 Å². The largest absolute Gasteiger partial charge is 0.392 e. The molecule has 3 nitrogen and oxygen atoms in total. The molecule has 3 heteroatoms. The van der Waals surface area contributed by atoms with Gasteiger partial charge in [0, 0.05) is 18.8 Å². The average Bonchev–Trinajstić information content (AvgIpc) is 2.25. The smallest absolute Gasteiger partial charge is 0.0687 e. The summed E-state index contributed by atoms with van der Waals surface area (Å²) < 4.78 is 0. The molecule has 0 spiro atoms. The number of rotatable bonds is 6. The van der Waals surface area contributed by atoms with E-state index in [1.165, 1.54) is 5.56 Å². The van der Waals surface area contributed by atoms with E-state index in [0.717, 1.165) is 18.7 Å². The van der Waals surface area contributed by atoms with E-state index in [1.54, 1.807) is 0 Å². The minimum Gasteiger partial charge on any atom is -0.392 e. The number of nitrogens with two attached hydrogens (primary N) is 1. The molecule has 3 N–H and O–H groups in total. The fraction of sp³-hybridized carbons (Fsp3) is 0.538. The van der Waals surface area contributed by atoms with Crippen LogP contribution in [0.3, 0.4) is 0 Å². The lowest BCUT2D eigenvalue weighted by Gasteiger charge is -2.26. The number of benzene rings is 1. The molecule has 0 aliphatic carbocycles. The van der Waals surface area contributed by atoms with Crippen LogP contribution in [0, 0.1) is 6.92 Å². The van der Waals surface area contributed by atoms with Crippen molar-refractivity contribution in [2.45, 2.75) is 26.4 Å². The number of hydrogen-bond donors (Lipinski definition) is 2. The third-order valence-electron chi connectivity index (χ3n) is 2.52. The average molecular weight is 222 g/mol. The summed E-state index contributed by atoms with van der Waals surface area (Å²) in [7, 11) is 0. The molecule has 0 aromatic heterocycles. The van der Waals surface area contributed by atoms with Crippen LogP contribution >= 0.6 is 0 Å². The lowest BCUT2D eigenvalue weighted by atomic mass is 10.2. The van der Waals surface area contributed by atoms with Gasteiger partial charge in [0.15, 0.2) is 0 Å². The van der Waals surface area contributed by atoms with Crippen molar-refractivity contribution in [3.05, 3.63) is 29.8 Å². The van der Waals surface area contributed by atoms with Crippen molar-refractivity contribution in [1.82, 2.24) is 0 Å². The summed E-state index contributed by atoms with van der Waals surface area (Å²) in [5.41, 5.74) is 7.92. The van der Waals surface area contributed by atoms with Gasteiger partial charge in [-0.25, -0.2) is 0 Å². The van der Waals surface area contributed by atoms with Crippen LogP contribution in [0.2, 0.25) is 0 Å². The Hall–Kier alpha value is -1.06. The van der Waals surface area contributed by atoms with E-state index in [9.17, 15) is 5.11 Å². The van der Waals surface area contributed by atoms with Crippen LogP contribution in [0.15, 0.2) is 24.3 Å². The fourth-order valence-electron chi connectivity index (χ4n) is 1.68. The molecule has 0 aliphatic heterocycles. The van der Waals surface area contributed by atoms with Crippen LogP contribution in [-0.2, 0) is 0 Å². The van der Waals surface area contributed by atoms with Gasteiger partial charge in [-0.1, -0.05) is 17.7 Å². The summed E-state index contributed by atoms with van der Waals surface area (Å²) in [5.74, 6) is 0. The first-order valence-electron chi connectivity index (χ1n) is 5.83. The molecule has 0 aliphatic rings. The Morgan fingerprint density at radius 3 is 2.44 bits per heavy atom. The molecule has 0 saturated carbocycles. The maximum atomic E-state index is 9.47. The third-order valence-corrected chi connectivity index (χ3v) is 2.52. The molecule has 1 aromatic rings. The van der Waals surface area contributed by atoms with Gasteiger partial charge in [-0.05, 0) is 38.9 Å². The van der Waals surface area contributed by atoms with Gasteiger partial charge in [-0.15, -0.1) is 0 Å². The normalized spacial score (nSPS) is 12.5. The highest BCUT2D eigenvalue weighted by atomic mass is 16.3. The second kappa shape index (κ2) is 6.51. The maximum Gasteiger partial charge on any atom is 0.0687 e. The minimum atomic E-state index is -0.320. The van der Waals surface area contributed by atoms with E-state index >= 15 is 0 Å². The first kappa shape index (κ1) is 13.0. The number of aliphatic hydroxyl groups excluding tert-OH is 1. The second-order valence-electron chi connectivity index (χ2n) is 4.27. The van der Waals surface area contributed by atoms with E-state index in [-0.39, 0.29) is 6.10 Å². The van der Waals surface area contributed by atoms with Gasteiger partial charge in [0.05, 0.1) is 6.10 Å². The van der Waals surface area contributed by atoms with Crippen molar-refractivity contribution >= 4 is 5.69 Å². The molecule has 1 atom stereocenters. The van der Waals surface area contributed by atoms with Crippen molar-refractivity contribution < 1.29 is 5.11 Å². The van der Waals surface area contributed by atoms with Crippen molar-refractivity contribution in [2.24, 2.45) is 5.73 Å². The molecule has 0 saturated heterocycles. The maximum absolute atomic E-state index is 9.47. The van der Waals surface area contributed by atoms with Crippen LogP contribution in [0.25, 0.3) is 0 Å². The molecular weight excluding hydrogens is 200 g/mol. The second-order valence-corrected chi connectivity index (χ2v) is 4.27. The quantitative estimate of drug-likeness (QED) is 0.767. The van der Waals surface area contributed by atoms with E-state index < -0.39 is 0 Å². The van der Waals surface area contributed by atoms with E-state index in [0.29, 0.717) is 13.1 Å². The molecule has 1 rings (SSSR count). The van der Waals surface area contributed by atoms with Gasteiger partial charge in [-0.2, -0.15) is 0 Å². The Kier molecular flexibility index (Phi) is 5.29. The van der Waals surface area contributed by atoms with Crippen LogP contribution in [-0.4, -0.2) is 30.8 Å². The Morgan fingerprint density at radius 1 is 1.31 bits per heavy atom. The van der Waals surface area contributed by atoms with Gasteiger partial charge in [-0.3, -0.25) is 0 Å². The number of anilines is 1. The van der Waals surface area contributed by atoms with E-state index in [4.69, 9.17) is 5.73 Å². The molecule has 1 aromatic carbocycles. The summed E-state index contributed by atoms with van der Waals surface area (Å²) in [6.45, 7) is 6.11. The summed E-state index contributed by atoms with van der Waals surface area (Å²) in [4.78, 5) is 2.18. The zero-order chi connectivity index (χ0) is 12.0. The molecule has 0 heterocycles. The zero-order valence-corrected chi connectivity index (χ0v) is 10.2. The van der Waals surface area contributed by atoms with Crippen molar-refractivity contribution in [3.8, 4) is 0 Å². The Balaban J connectivity index is 2.70. The van der Waals surface area contributed by atoms with Gasteiger partial charge < -0.3 is 15.7 Å². The van der Waals surface area contributed by atoms with Crippen LogP contribution in [0.4, 0.5) is 5.69 Å². The summed E-state index contributed by atoms with van der Waals surface area (Å²) in [6, 6.07) is 8.36. The molecule has 90 valence electrons. The van der Waals surface area contributed by atoms with Crippen molar-refractivity contribution in [2.75, 3.05) is 24.5 Å². The first-order valence-corrected chi connectivity index (χ1v) is 5.83. The number of aliphatic hydroxyl groups is 1. The summed E-state index contributed by atoms with van der Waals surface area (Å²) >= 11 is 0. The van der Waals surface area contributed by atoms with Crippen LogP contribution in [0.1, 0.15) is 18.9 Å². The zero-order valence-electron chi connectivity index (χ0n) is 10.2. The van der Waals surface area contributed by atoms with E-state index in [1.807, 2.05) is 6.92 Å². The monoisotopic (exact) mass is 222 g/mol. The Morgan fingerprint density at radius 2 is 1.94 bits per heavy atom. The molecule has 0 bridgehead atoms. The van der Waals surface area contributed by atoms with Crippen LogP contribution < -0.4 is 10.6 Å². The number of hydrogen-bond acceptors (Lipinski definition) is 3. The number of aryl methyl sites for hydroxylation is 1. The van der Waals surface area contributed by atoms with Crippen LogP contribution in [0.5, 0.6) is 0 Å². The predicted molar refractivity (Wildman–Crippen MR) is 68.7 cm³/mol. The molecule has 1 unspecified atom stereocenters. The SMILES string of the molecule is Cc1ccc(N(CCCN)CC(C)O)cc1. The highest BCUT2D eigenvalue weighted by Gasteiger charge is 2.08. The fourth-order valence-corrected chi connectivity index (χ4v) is 1.68. The Labute approximate surface area is 97.9 Å². The number of nitrogens with zero attached hydrogens (tertiary/aromatic N) is 1. The molecule has 0 amide bonds. The molecule has 0 radical (unpaired) electrons. The highest BCUT2D eigenvalue weighted by molar-refractivity contribution is 5.47. The molecule has 0 fully saturated rings. The predicted octanol–water partition coefficient (Wildman–Crippen LogP) is 1.53. The van der Waals surface area contributed by atoms with Crippen molar-refractivity contribution in [3.63, 3.8) is 0 Å². The third kappa shape index (κ3) is 4.21. The Bertz CT molecular complexity index is 295. The topological polar surface area (TPSA) is 49.5 Å².